The van der Waals surface area contributed by atoms with Gasteiger partial charge in [0.05, 0.1) is 6.61 Å². The molecule has 0 bridgehead atoms. The third-order valence-corrected chi connectivity index (χ3v) is 4.31. The lowest BCUT2D eigenvalue weighted by atomic mass is 9.78. The predicted octanol–water partition coefficient (Wildman–Crippen LogP) is 3.21. The van der Waals surface area contributed by atoms with Gasteiger partial charge in [-0.2, -0.15) is 0 Å². The number of hydrogen-bond donors (Lipinski definition) is 0. The first-order valence-electron chi connectivity index (χ1n) is 7.08. The lowest BCUT2D eigenvalue weighted by Crippen LogP contribution is -2.38. The van der Waals surface area contributed by atoms with E-state index in [0.29, 0.717) is 6.61 Å². The average Bonchev–Trinajstić information content (AvgIpc) is 3.05. The Morgan fingerprint density at radius 1 is 1.24 bits per heavy atom. The van der Waals surface area contributed by atoms with Crippen LogP contribution >= 0.6 is 0 Å². The Bertz CT molecular complexity index is 289. The van der Waals surface area contributed by atoms with E-state index in [2.05, 4.69) is 13.8 Å². The van der Waals surface area contributed by atoms with Gasteiger partial charge >= 0.3 is 5.97 Å². The SMILES string of the molecule is CCCCCOC(=O)C12CCCCC1(CC)O2. The fourth-order valence-corrected chi connectivity index (χ4v) is 3.12. The number of ether oxygens (including phenoxy) is 2. The van der Waals surface area contributed by atoms with Crippen LogP contribution in [0.3, 0.4) is 0 Å². The number of rotatable bonds is 6. The molecular formula is C14H24O3. The Morgan fingerprint density at radius 2 is 2.00 bits per heavy atom. The summed E-state index contributed by atoms with van der Waals surface area (Å²) in [6.07, 6.45) is 8.32. The van der Waals surface area contributed by atoms with Gasteiger partial charge in [0.2, 0.25) is 0 Å². The zero-order valence-electron chi connectivity index (χ0n) is 11.1. The van der Waals surface area contributed by atoms with Gasteiger partial charge in [-0.05, 0) is 32.1 Å². The molecule has 0 aromatic heterocycles. The topological polar surface area (TPSA) is 38.8 Å². The fraction of sp³-hybridized carbons (Fsp3) is 0.929. The van der Waals surface area contributed by atoms with E-state index in [9.17, 15) is 4.79 Å². The molecule has 98 valence electrons. The van der Waals surface area contributed by atoms with Gasteiger partial charge in [0.15, 0.2) is 5.60 Å². The van der Waals surface area contributed by atoms with Crippen LogP contribution in [0, 0.1) is 0 Å². The number of hydrogen-bond acceptors (Lipinski definition) is 3. The van der Waals surface area contributed by atoms with Crippen LogP contribution in [0.5, 0.6) is 0 Å². The van der Waals surface area contributed by atoms with Crippen molar-refractivity contribution in [3.63, 3.8) is 0 Å². The van der Waals surface area contributed by atoms with Gasteiger partial charge in [-0.15, -0.1) is 0 Å². The molecule has 0 radical (unpaired) electrons. The quantitative estimate of drug-likeness (QED) is 0.406. The van der Waals surface area contributed by atoms with E-state index in [4.69, 9.17) is 9.47 Å². The smallest absolute Gasteiger partial charge is 0.341 e. The highest BCUT2D eigenvalue weighted by Gasteiger charge is 2.74. The third kappa shape index (κ3) is 2.10. The fourth-order valence-electron chi connectivity index (χ4n) is 3.12. The number of carbonyl (C=O) groups excluding carboxylic acids is 1. The first kappa shape index (κ1) is 12.9. The molecule has 1 saturated carbocycles. The van der Waals surface area contributed by atoms with Crippen molar-refractivity contribution >= 4 is 5.97 Å². The molecule has 1 aliphatic heterocycles. The summed E-state index contributed by atoms with van der Waals surface area (Å²) in [6, 6.07) is 0. The van der Waals surface area contributed by atoms with Crippen LogP contribution in [-0.4, -0.2) is 23.8 Å². The molecule has 0 spiro atoms. The van der Waals surface area contributed by atoms with Gasteiger partial charge in [0.1, 0.15) is 5.60 Å². The van der Waals surface area contributed by atoms with Gasteiger partial charge in [-0.3, -0.25) is 0 Å². The van der Waals surface area contributed by atoms with Crippen molar-refractivity contribution in [3.05, 3.63) is 0 Å². The van der Waals surface area contributed by atoms with Crippen molar-refractivity contribution in [2.24, 2.45) is 0 Å². The molecule has 1 saturated heterocycles. The lowest BCUT2D eigenvalue weighted by Gasteiger charge is -2.22. The molecule has 3 nitrogen and oxygen atoms in total. The summed E-state index contributed by atoms with van der Waals surface area (Å²) < 4.78 is 11.2. The highest BCUT2D eigenvalue weighted by Crippen LogP contribution is 2.59. The third-order valence-electron chi connectivity index (χ3n) is 4.31. The van der Waals surface area contributed by atoms with Crippen LogP contribution in [0.2, 0.25) is 0 Å². The second kappa shape index (κ2) is 4.97. The van der Waals surface area contributed by atoms with Gasteiger partial charge in [-0.1, -0.05) is 33.1 Å². The van der Waals surface area contributed by atoms with Gasteiger partial charge in [0.25, 0.3) is 0 Å². The second-order valence-corrected chi connectivity index (χ2v) is 5.33. The minimum atomic E-state index is -0.563. The van der Waals surface area contributed by atoms with Crippen LogP contribution in [0.1, 0.15) is 65.2 Å². The molecule has 17 heavy (non-hydrogen) atoms. The zero-order chi connectivity index (χ0) is 12.4. The predicted molar refractivity (Wildman–Crippen MR) is 65.8 cm³/mol. The molecule has 0 aromatic rings. The van der Waals surface area contributed by atoms with E-state index in [1.807, 2.05) is 0 Å². The monoisotopic (exact) mass is 240 g/mol. The van der Waals surface area contributed by atoms with E-state index in [1.54, 1.807) is 0 Å². The Labute approximate surface area is 104 Å². The molecule has 0 aromatic carbocycles. The molecule has 1 aliphatic carbocycles. The van der Waals surface area contributed by atoms with Crippen LogP contribution in [0.4, 0.5) is 0 Å². The first-order valence-corrected chi connectivity index (χ1v) is 7.08. The normalized spacial score (nSPS) is 35.2. The molecule has 2 unspecified atom stereocenters. The van der Waals surface area contributed by atoms with Gasteiger partial charge in [-0.25, -0.2) is 4.79 Å². The second-order valence-electron chi connectivity index (χ2n) is 5.33. The van der Waals surface area contributed by atoms with Crippen LogP contribution in [0.15, 0.2) is 0 Å². The maximum Gasteiger partial charge on any atom is 0.341 e. The van der Waals surface area contributed by atoms with Crippen LogP contribution in [0.25, 0.3) is 0 Å². The molecule has 2 fully saturated rings. The first-order chi connectivity index (χ1) is 8.21. The molecule has 0 N–H and O–H groups in total. The van der Waals surface area contributed by atoms with E-state index >= 15 is 0 Å². The van der Waals surface area contributed by atoms with E-state index < -0.39 is 5.60 Å². The Balaban J connectivity index is 1.86. The highest BCUT2D eigenvalue weighted by molar-refractivity contribution is 5.85. The number of unbranched alkanes of at least 4 members (excludes halogenated alkanes) is 2. The van der Waals surface area contributed by atoms with E-state index in [1.165, 1.54) is 6.42 Å². The molecule has 2 rings (SSSR count). The van der Waals surface area contributed by atoms with Crippen molar-refractivity contribution in [1.29, 1.82) is 0 Å². The van der Waals surface area contributed by atoms with Crippen LogP contribution in [-0.2, 0) is 14.3 Å². The molecular weight excluding hydrogens is 216 g/mol. The summed E-state index contributed by atoms with van der Waals surface area (Å²) in [4.78, 5) is 12.1. The molecule has 0 amide bonds. The van der Waals surface area contributed by atoms with Crippen molar-refractivity contribution in [2.75, 3.05) is 6.61 Å². The standard InChI is InChI=1S/C14H24O3/c1-3-5-8-11-16-12(15)14-10-7-6-9-13(14,4-2)17-14/h3-11H2,1-2H3. The summed E-state index contributed by atoms with van der Waals surface area (Å²) >= 11 is 0. The molecule has 1 heterocycles. The maximum atomic E-state index is 12.1. The summed E-state index contributed by atoms with van der Waals surface area (Å²) in [5.41, 5.74) is -0.737. The molecule has 3 heteroatoms. The van der Waals surface area contributed by atoms with Crippen LogP contribution < -0.4 is 0 Å². The minimum Gasteiger partial charge on any atom is -0.463 e. The van der Waals surface area contributed by atoms with Crippen molar-refractivity contribution < 1.29 is 14.3 Å². The number of esters is 1. The Hall–Kier alpha value is -0.570. The summed E-state index contributed by atoms with van der Waals surface area (Å²) in [5, 5.41) is 0. The molecule has 2 atom stereocenters. The van der Waals surface area contributed by atoms with E-state index in [-0.39, 0.29) is 11.6 Å². The summed E-state index contributed by atoms with van der Waals surface area (Å²) in [5.74, 6) is -0.102. The van der Waals surface area contributed by atoms with Gasteiger partial charge < -0.3 is 9.47 Å². The summed E-state index contributed by atoms with van der Waals surface area (Å²) in [6.45, 7) is 4.81. The van der Waals surface area contributed by atoms with Gasteiger partial charge in [0, 0.05) is 0 Å². The minimum absolute atomic E-state index is 0.102. The van der Waals surface area contributed by atoms with E-state index in [0.717, 1.165) is 44.9 Å². The summed E-state index contributed by atoms with van der Waals surface area (Å²) in [7, 11) is 0. The Kier molecular flexibility index (Phi) is 3.76. The van der Waals surface area contributed by atoms with Crippen molar-refractivity contribution in [2.45, 2.75) is 76.4 Å². The van der Waals surface area contributed by atoms with Crippen molar-refractivity contribution in [1.82, 2.24) is 0 Å². The lowest BCUT2D eigenvalue weighted by molar-refractivity contribution is -0.150. The van der Waals surface area contributed by atoms with Crippen molar-refractivity contribution in [3.8, 4) is 0 Å². The molecule has 2 aliphatic rings. The highest BCUT2D eigenvalue weighted by atomic mass is 16.7. The zero-order valence-corrected chi connectivity index (χ0v) is 11.1. The number of carbonyl (C=O) groups is 1. The Morgan fingerprint density at radius 3 is 2.71 bits per heavy atom. The maximum absolute atomic E-state index is 12.1. The average molecular weight is 240 g/mol. The number of epoxide rings is 1. The largest absolute Gasteiger partial charge is 0.463 e. The number of fused-ring (bicyclic) bond motifs is 1.